The van der Waals surface area contributed by atoms with Crippen molar-refractivity contribution in [2.45, 2.75) is 53.4 Å². The maximum Gasteiger partial charge on any atom is 0.196 e. The van der Waals surface area contributed by atoms with Crippen LogP contribution in [0.15, 0.2) is 47.3 Å². The highest BCUT2D eigenvalue weighted by Gasteiger charge is 2.49. The van der Waals surface area contributed by atoms with Crippen molar-refractivity contribution >= 4 is 0 Å². The van der Waals surface area contributed by atoms with Crippen LogP contribution in [0, 0.1) is 10.8 Å². The molecule has 0 aromatic rings. The lowest BCUT2D eigenvalue weighted by molar-refractivity contribution is 0.114. The standard InChI is InChI=1S/C19H26F2O/c1-5-7-14-8-11-18(3,12-9-14)19(4)13-10-15(22-6-2)16(20)17(19)21/h8-11H,5-7,12-13H2,1-4H3. The molecule has 0 aliphatic heterocycles. The molecule has 22 heavy (non-hydrogen) atoms. The van der Waals surface area contributed by atoms with Gasteiger partial charge in [-0.2, -0.15) is 4.39 Å². The Bertz CT molecular complexity index is 556. The summed E-state index contributed by atoms with van der Waals surface area (Å²) in [5.74, 6) is -1.48. The van der Waals surface area contributed by atoms with Gasteiger partial charge in [0.1, 0.15) is 5.83 Å². The van der Waals surface area contributed by atoms with E-state index in [0.717, 1.165) is 19.3 Å². The van der Waals surface area contributed by atoms with Crippen LogP contribution in [0.2, 0.25) is 0 Å². The molecule has 0 fully saturated rings. The first kappa shape index (κ1) is 17.0. The fourth-order valence-electron chi connectivity index (χ4n) is 3.24. The van der Waals surface area contributed by atoms with Crippen LogP contribution in [0.3, 0.4) is 0 Å². The number of ether oxygens (including phenoxy) is 1. The molecule has 122 valence electrons. The molecule has 1 nitrogen and oxygen atoms in total. The molecule has 2 unspecified atom stereocenters. The molecule has 0 bridgehead atoms. The SMILES string of the molecule is CCCC1=CCC(C)(C2(C)CC=C(OCC)C(F)=C2F)C=C1. The first-order chi connectivity index (χ1) is 10.4. The fourth-order valence-corrected chi connectivity index (χ4v) is 3.24. The largest absolute Gasteiger partial charge is 0.491 e. The van der Waals surface area contributed by atoms with E-state index in [1.807, 2.05) is 13.8 Å². The molecule has 0 aromatic heterocycles. The summed E-state index contributed by atoms with van der Waals surface area (Å²) in [5, 5.41) is 0. The zero-order valence-electron chi connectivity index (χ0n) is 14.0. The molecule has 2 aliphatic rings. The Labute approximate surface area is 132 Å². The van der Waals surface area contributed by atoms with Gasteiger partial charge in [0.2, 0.25) is 0 Å². The van der Waals surface area contributed by atoms with E-state index in [0.29, 0.717) is 13.0 Å². The van der Waals surface area contributed by atoms with Crippen molar-refractivity contribution in [2.24, 2.45) is 10.8 Å². The number of hydrogen-bond donors (Lipinski definition) is 0. The van der Waals surface area contributed by atoms with Crippen LogP contribution in [0.25, 0.3) is 0 Å². The minimum absolute atomic E-state index is 0.0445. The molecule has 0 amide bonds. The first-order valence-corrected chi connectivity index (χ1v) is 8.15. The second-order valence-electron chi connectivity index (χ2n) is 6.65. The number of allylic oxidation sites excluding steroid dienone is 7. The van der Waals surface area contributed by atoms with Crippen molar-refractivity contribution in [3.63, 3.8) is 0 Å². The van der Waals surface area contributed by atoms with Crippen molar-refractivity contribution in [2.75, 3.05) is 6.61 Å². The molecule has 0 heterocycles. The topological polar surface area (TPSA) is 9.23 Å². The molecule has 0 saturated carbocycles. The van der Waals surface area contributed by atoms with E-state index < -0.39 is 22.5 Å². The monoisotopic (exact) mass is 308 g/mol. The van der Waals surface area contributed by atoms with Crippen LogP contribution in [0.1, 0.15) is 53.4 Å². The maximum absolute atomic E-state index is 14.8. The van der Waals surface area contributed by atoms with E-state index in [4.69, 9.17) is 4.74 Å². The molecule has 2 aliphatic carbocycles. The molecule has 0 aromatic carbocycles. The first-order valence-electron chi connectivity index (χ1n) is 8.15. The third-order valence-electron chi connectivity index (χ3n) is 5.14. The summed E-state index contributed by atoms with van der Waals surface area (Å²) in [5.41, 5.74) is -0.0164. The lowest BCUT2D eigenvalue weighted by Crippen LogP contribution is -2.39. The molecule has 2 atom stereocenters. The van der Waals surface area contributed by atoms with Gasteiger partial charge in [-0.05, 0) is 32.3 Å². The minimum atomic E-state index is -0.873. The Kier molecular flexibility index (Phi) is 4.93. The molecular formula is C19H26F2O. The number of hydrogen-bond acceptors (Lipinski definition) is 1. The zero-order valence-corrected chi connectivity index (χ0v) is 14.0. The predicted molar refractivity (Wildman–Crippen MR) is 86.5 cm³/mol. The number of halogens is 2. The van der Waals surface area contributed by atoms with Crippen molar-refractivity contribution in [3.8, 4) is 0 Å². The van der Waals surface area contributed by atoms with E-state index in [1.165, 1.54) is 5.57 Å². The Morgan fingerprint density at radius 1 is 1.14 bits per heavy atom. The van der Waals surface area contributed by atoms with Crippen LogP contribution in [-0.2, 0) is 4.74 Å². The van der Waals surface area contributed by atoms with Crippen LogP contribution in [-0.4, -0.2) is 6.61 Å². The van der Waals surface area contributed by atoms with Crippen molar-refractivity contribution in [1.29, 1.82) is 0 Å². The van der Waals surface area contributed by atoms with E-state index in [1.54, 1.807) is 13.0 Å². The molecule has 0 radical (unpaired) electrons. The van der Waals surface area contributed by atoms with Crippen molar-refractivity contribution < 1.29 is 13.5 Å². The summed E-state index contributed by atoms with van der Waals surface area (Å²) in [7, 11) is 0. The second kappa shape index (κ2) is 6.39. The Hall–Kier alpha value is -1.38. The van der Waals surface area contributed by atoms with Gasteiger partial charge in [0.15, 0.2) is 11.6 Å². The number of rotatable bonds is 5. The Balaban J connectivity index is 2.28. The minimum Gasteiger partial charge on any atom is -0.491 e. The van der Waals surface area contributed by atoms with Crippen molar-refractivity contribution in [1.82, 2.24) is 0 Å². The maximum atomic E-state index is 14.8. The molecule has 2 rings (SSSR count). The summed E-state index contributed by atoms with van der Waals surface area (Å²) in [4.78, 5) is 0. The Morgan fingerprint density at radius 2 is 1.86 bits per heavy atom. The summed E-state index contributed by atoms with van der Waals surface area (Å²) in [6, 6.07) is 0. The molecule has 0 N–H and O–H groups in total. The smallest absolute Gasteiger partial charge is 0.196 e. The third-order valence-corrected chi connectivity index (χ3v) is 5.14. The van der Waals surface area contributed by atoms with E-state index in [2.05, 4.69) is 25.2 Å². The predicted octanol–water partition coefficient (Wildman–Crippen LogP) is 6.16. The van der Waals surface area contributed by atoms with Crippen LogP contribution in [0.5, 0.6) is 0 Å². The van der Waals surface area contributed by atoms with Crippen LogP contribution >= 0.6 is 0 Å². The van der Waals surface area contributed by atoms with Crippen molar-refractivity contribution in [3.05, 3.63) is 47.3 Å². The third kappa shape index (κ3) is 2.78. The summed E-state index contributed by atoms with van der Waals surface area (Å²) in [6.45, 7) is 8.07. The average Bonchev–Trinajstić information content (AvgIpc) is 2.51. The van der Waals surface area contributed by atoms with Gasteiger partial charge in [-0.25, -0.2) is 4.39 Å². The highest BCUT2D eigenvalue weighted by molar-refractivity contribution is 5.37. The van der Waals surface area contributed by atoms with Gasteiger partial charge in [0, 0.05) is 10.8 Å². The zero-order chi connectivity index (χ0) is 16.4. The van der Waals surface area contributed by atoms with Gasteiger partial charge in [-0.15, -0.1) is 0 Å². The second-order valence-corrected chi connectivity index (χ2v) is 6.65. The molecule has 0 saturated heterocycles. The van der Waals surface area contributed by atoms with E-state index >= 15 is 0 Å². The summed E-state index contributed by atoms with van der Waals surface area (Å²) < 4.78 is 34.3. The van der Waals surface area contributed by atoms with E-state index in [-0.39, 0.29) is 5.76 Å². The van der Waals surface area contributed by atoms with E-state index in [9.17, 15) is 8.78 Å². The summed E-state index contributed by atoms with van der Waals surface area (Å²) in [6.07, 6.45) is 11.3. The van der Waals surface area contributed by atoms with Gasteiger partial charge in [0.05, 0.1) is 6.61 Å². The summed E-state index contributed by atoms with van der Waals surface area (Å²) >= 11 is 0. The van der Waals surface area contributed by atoms with Gasteiger partial charge < -0.3 is 4.74 Å². The van der Waals surface area contributed by atoms with Gasteiger partial charge >= 0.3 is 0 Å². The van der Waals surface area contributed by atoms with Gasteiger partial charge in [-0.1, -0.05) is 51.0 Å². The molecule has 0 spiro atoms. The fraction of sp³-hybridized carbons (Fsp3) is 0.579. The quantitative estimate of drug-likeness (QED) is 0.591. The lowest BCUT2D eigenvalue weighted by Gasteiger charge is -2.46. The lowest BCUT2D eigenvalue weighted by atomic mass is 9.58. The highest BCUT2D eigenvalue weighted by Crippen LogP contribution is 2.56. The molecular weight excluding hydrogens is 282 g/mol. The van der Waals surface area contributed by atoms with Crippen LogP contribution in [0.4, 0.5) is 8.78 Å². The highest BCUT2D eigenvalue weighted by atomic mass is 19.2. The molecule has 3 heteroatoms. The van der Waals surface area contributed by atoms with Gasteiger partial charge in [0.25, 0.3) is 0 Å². The average molecular weight is 308 g/mol. The normalized spacial score (nSPS) is 31.9. The Morgan fingerprint density at radius 3 is 2.41 bits per heavy atom. The van der Waals surface area contributed by atoms with Gasteiger partial charge in [-0.3, -0.25) is 0 Å². The van der Waals surface area contributed by atoms with Crippen LogP contribution < -0.4 is 0 Å².